The molecule has 0 aromatic rings. The van der Waals surface area contributed by atoms with Crippen LogP contribution in [0.1, 0.15) is 6.42 Å². The normalized spacial score (nSPS) is 33.1. The van der Waals surface area contributed by atoms with Crippen LogP contribution in [0.15, 0.2) is 0 Å². The van der Waals surface area contributed by atoms with E-state index in [1.807, 2.05) is 0 Å². The van der Waals surface area contributed by atoms with E-state index in [0.717, 1.165) is 7.11 Å². The number of ether oxygens (including phenoxy) is 4. The van der Waals surface area contributed by atoms with Crippen molar-refractivity contribution in [3.63, 3.8) is 0 Å². The first kappa shape index (κ1) is 34.0. The summed E-state index contributed by atoms with van der Waals surface area (Å²) in [5.41, 5.74) is 0. The number of aliphatic carboxylic acids is 1. The van der Waals surface area contributed by atoms with Crippen molar-refractivity contribution in [3.05, 3.63) is 0 Å². The molecule has 0 amide bonds. The van der Waals surface area contributed by atoms with E-state index in [4.69, 9.17) is 37.2 Å². The van der Waals surface area contributed by atoms with Crippen LogP contribution in [0.3, 0.4) is 0 Å². The lowest BCUT2D eigenvalue weighted by atomic mass is 9.98. The van der Waals surface area contributed by atoms with Crippen LogP contribution in [0.2, 0.25) is 0 Å². The zero-order valence-corrected chi connectivity index (χ0v) is 22.3. The molecule has 22 nitrogen and oxygen atoms in total. The van der Waals surface area contributed by atoms with E-state index < -0.39 is 116 Å². The lowest BCUT2D eigenvalue weighted by molar-refractivity contribution is -0.310. The monoisotopic (exact) mass is 658 g/mol. The maximum Gasteiger partial charge on any atom is 0.397 e. The molecule has 2 aliphatic heterocycles. The average Bonchev–Trinajstić information content (AvgIpc) is 2.71. The van der Waals surface area contributed by atoms with Gasteiger partial charge in [0, 0.05) is 13.5 Å². The van der Waals surface area contributed by atoms with Crippen LogP contribution in [0.5, 0.6) is 0 Å². The smallest absolute Gasteiger partial charge is 0.397 e. The number of hydrogen-bond donors (Lipinski definition) is 5. The van der Waals surface area contributed by atoms with Crippen molar-refractivity contribution >= 4 is 47.6 Å². The van der Waals surface area contributed by atoms with Crippen LogP contribution in [0.4, 0.5) is 0 Å². The molecular formula is C13H22O22S4. The molecule has 8 atom stereocenters. The Bertz CT molecular complexity index is 1290. The van der Waals surface area contributed by atoms with Gasteiger partial charge < -0.3 is 24.1 Å². The fourth-order valence-electron chi connectivity index (χ4n) is 3.58. The molecule has 230 valence electrons. The molecule has 0 aromatic carbocycles. The summed E-state index contributed by atoms with van der Waals surface area (Å²) in [5.74, 6) is -1.78. The largest absolute Gasteiger partial charge is 0.479 e. The fourth-order valence-corrected chi connectivity index (χ4v) is 5.38. The predicted octanol–water partition coefficient (Wildman–Crippen LogP) is -3.63. The molecular weight excluding hydrogens is 636 g/mol. The van der Waals surface area contributed by atoms with Gasteiger partial charge in [-0.1, -0.05) is 0 Å². The van der Waals surface area contributed by atoms with Crippen LogP contribution >= 0.6 is 0 Å². The van der Waals surface area contributed by atoms with Gasteiger partial charge in [-0.3, -0.25) is 18.2 Å². The molecule has 2 rings (SSSR count). The van der Waals surface area contributed by atoms with E-state index in [2.05, 4.69) is 16.7 Å². The van der Waals surface area contributed by atoms with Crippen molar-refractivity contribution in [2.45, 2.75) is 55.4 Å². The SMILES string of the molecule is COC1C(OS(=O)(=O)O)COC(C(=O)O)C1OC1OC(COS(=O)(=O)O)CC(OS(=O)(=O)O)C1OS(=O)(=O)O. The highest BCUT2D eigenvalue weighted by atomic mass is 32.3. The molecule has 26 heteroatoms. The van der Waals surface area contributed by atoms with Gasteiger partial charge in [-0.15, -0.1) is 0 Å². The van der Waals surface area contributed by atoms with Gasteiger partial charge in [-0.05, 0) is 0 Å². The Balaban J connectivity index is 2.53. The third-order valence-corrected chi connectivity index (χ3v) is 6.70. The molecule has 2 aliphatic rings. The highest BCUT2D eigenvalue weighted by Gasteiger charge is 2.52. The highest BCUT2D eigenvalue weighted by Crippen LogP contribution is 2.33. The summed E-state index contributed by atoms with van der Waals surface area (Å²) in [6.45, 7) is -1.96. The first-order chi connectivity index (χ1) is 17.6. The minimum Gasteiger partial charge on any atom is -0.479 e. The number of rotatable bonds is 13. The Kier molecular flexibility index (Phi) is 11.1. The van der Waals surface area contributed by atoms with Crippen molar-refractivity contribution in [2.75, 3.05) is 20.3 Å². The molecule has 39 heavy (non-hydrogen) atoms. The molecule has 0 radical (unpaired) electrons. The Morgan fingerprint density at radius 2 is 1.33 bits per heavy atom. The molecule has 0 aromatic heterocycles. The van der Waals surface area contributed by atoms with Gasteiger partial charge in [0.05, 0.1) is 19.3 Å². The summed E-state index contributed by atoms with van der Waals surface area (Å²) in [6.07, 6.45) is -17.3. The summed E-state index contributed by atoms with van der Waals surface area (Å²) < 4.78 is 164. The predicted molar refractivity (Wildman–Crippen MR) is 113 cm³/mol. The molecule has 0 spiro atoms. The first-order valence-corrected chi connectivity index (χ1v) is 15.3. The van der Waals surface area contributed by atoms with Crippen molar-refractivity contribution in [2.24, 2.45) is 0 Å². The molecule has 0 saturated carbocycles. The Morgan fingerprint density at radius 1 is 0.795 bits per heavy atom. The minimum absolute atomic E-state index is 0.828. The topological polar surface area (TPSA) is 329 Å². The van der Waals surface area contributed by atoms with Gasteiger partial charge in [0.15, 0.2) is 18.5 Å². The van der Waals surface area contributed by atoms with Crippen molar-refractivity contribution in [3.8, 4) is 0 Å². The van der Waals surface area contributed by atoms with E-state index in [9.17, 15) is 43.6 Å². The Hall–Kier alpha value is -1.21. The van der Waals surface area contributed by atoms with Gasteiger partial charge in [-0.2, -0.15) is 33.7 Å². The number of carbonyl (C=O) groups is 1. The molecule has 2 fully saturated rings. The van der Waals surface area contributed by atoms with Gasteiger partial charge in [-0.25, -0.2) is 21.5 Å². The molecule has 0 bridgehead atoms. The first-order valence-electron chi connectivity index (χ1n) is 9.85. The van der Waals surface area contributed by atoms with Crippen LogP contribution in [-0.2, 0) is 82.1 Å². The Labute approximate surface area is 220 Å². The van der Waals surface area contributed by atoms with E-state index in [1.165, 1.54) is 0 Å². The Morgan fingerprint density at radius 3 is 1.79 bits per heavy atom. The molecule has 8 unspecified atom stereocenters. The lowest BCUT2D eigenvalue weighted by Crippen LogP contribution is -2.62. The summed E-state index contributed by atoms with van der Waals surface area (Å²) >= 11 is 0. The zero-order valence-electron chi connectivity index (χ0n) is 19.0. The van der Waals surface area contributed by atoms with Crippen LogP contribution in [0, 0.1) is 0 Å². The van der Waals surface area contributed by atoms with Gasteiger partial charge in [0.2, 0.25) is 0 Å². The number of carboxylic acids is 1. The second-order valence-electron chi connectivity index (χ2n) is 7.58. The van der Waals surface area contributed by atoms with E-state index >= 15 is 0 Å². The second-order valence-corrected chi connectivity index (χ2v) is 11.8. The third kappa shape index (κ3) is 11.3. The molecule has 2 saturated heterocycles. The third-order valence-electron chi connectivity index (χ3n) is 4.82. The fraction of sp³-hybridized carbons (Fsp3) is 0.923. The van der Waals surface area contributed by atoms with E-state index in [0.29, 0.717) is 0 Å². The van der Waals surface area contributed by atoms with Crippen molar-refractivity contribution in [1.82, 2.24) is 0 Å². The molecule has 5 N–H and O–H groups in total. The lowest BCUT2D eigenvalue weighted by Gasteiger charge is -2.44. The highest BCUT2D eigenvalue weighted by molar-refractivity contribution is 7.81. The van der Waals surface area contributed by atoms with Crippen molar-refractivity contribution in [1.29, 1.82) is 0 Å². The van der Waals surface area contributed by atoms with Gasteiger partial charge in [0.25, 0.3) is 0 Å². The maximum absolute atomic E-state index is 11.8. The summed E-state index contributed by atoms with van der Waals surface area (Å²) in [7, 11) is -20.4. The van der Waals surface area contributed by atoms with Gasteiger partial charge >= 0.3 is 47.6 Å². The molecule has 2 heterocycles. The van der Waals surface area contributed by atoms with E-state index in [1.54, 1.807) is 0 Å². The number of carboxylic acid groups (broad SMARTS) is 1. The average molecular weight is 659 g/mol. The minimum atomic E-state index is -5.52. The standard InChI is InChI=1S/C13H22O22S4/c1-28-8-7(34-38(22,23)24)4-29-11(12(14)15)10(8)32-13-9(35-39(25,26)27)6(33-37(19,20)21)2-5(31-13)3-30-36(16,17)18/h5-11,13H,2-4H2,1H3,(H,14,15)(H,16,17,18)(H,19,20,21)(H,22,23,24)(H,25,26,27). The van der Waals surface area contributed by atoms with Crippen LogP contribution in [-0.4, -0.2) is 132 Å². The van der Waals surface area contributed by atoms with Gasteiger partial charge in [0.1, 0.15) is 24.4 Å². The summed E-state index contributed by atoms with van der Waals surface area (Å²) in [5, 5.41) is 9.52. The number of hydrogen-bond acceptors (Lipinski definition) is 17. The molecule has 0 aliphatic carbocycles. The summed E-state index contributed by atoms with van der Waals surface area (Å²) in [6, 6.07) is 0. The van der Waals surface area contributed by atoms with Crippen LogP contribution in [0.25, 0.3) is 0 Å². The quantitative estimate of drug-likeness (QED) is 0.119. The van der Waals surface area contributed by atoms with Crippen LogP contribution < -0.4 is 0 Å². The summed E-state index contributed by atoms with van der Waals surface area (Å²) in [4.78, 5) is 11.8. The second kappa shape index (κ2) is 12.8. The van der Waals surface area contributed by atoms with Crippen molar-refractivity contribution < 1.29 is 97.5 Å². The van der Waals surface area contributed by atoms with E-state index in [-0.39, 0.29) is 0 Å². The number of methoxy groups -OCH3 is 1. The maximum atomic E-state index is 11.8. The zero-order chi connectivity index (χ0) is 30.0.